The molecule has 0 aliphatic carbocycles. The first kappa shape index (κ1) is 15.4. The van der Waals surface area contributed by atoms with Crippen LogP contribution in [0, 0.1) is 10.1 Å². The minimum absolute atomic E-state index is 0.0313. The summed E-state index contributed by atoms with van der Waals surface area (Å²) in [6.07, 6.45) is 0. The molecule has 5 nitrogen and oxygen atoms in total. The number of hydrogen-bond acceptors (Lipinski definition) is 4. The van der Waals surface area contributed by atoms with Gasteiger partial charge in [0, 0.05) is 24.4 Å². The Morgan fingerprint density at radius 1 is 1.19 bits per heavy atom. The molecule has 0 spiro atoms. The van der Waals surface area contributed by atoms with Gasteiger partial charge in [-0.1, -0.05) is 23.2 Å². The van der Waals surface area contributed by atoms with Crippen LogP contribution in [0.15, 0.2) is 36.4 Å². The molecule has 0 aliphatic rings. The van der Waals surface area contributed by atoms with Gasteiger partial charge in [-0.2, -0.15) is 0 Å². The maximum Gasteiger partial charge on any atom is 0.270 e. The molecule has 0 radical (unpaired) electrons. The Morgan fingerprint density at radius 3 is 2.52 bits per heavy atom. The predicted octanol–water partition coefficient (Wildman–Crippen LogP) is 4.52. The summed E-state index contributed by atoms with van der Waals surface area (Å²) in [5.41, 5.74) is 1.53. The first-order valence-electron chi connectivity index (χ1n) is 6.01. The van der Waals surface area contributed by atoms with E-state index >= 15 is 0 Å². The third-order valence-electron chi connectivity index (χ3n) is 2.88. The molecule has 21 heavy (non-hydrogen) atoms. The van der Waals surface area contributed by atoms with Crippen LogP contribution < -0.4 is 10.1 Å². The second-order valence-corrected chi connectivity index (χ2v) is 5.05. The first-order valence-corrected chi connectivity index (χ1v) is 6.77. The van der Waals surface area contributed by atoms with E-state index in [-0.39, 0.29) is 5.69 Å². The number of nitro benzene ring substituents is 1. The molecule has 1 N–H and O–H groups in total. The van der Waals surface area contributed by atoms with Crippen LogP contribution in [0.3, 0.4) is 0 Å². The Morgan fingerprint density at radius 2 is 1.95 bits per heavy atom. The highest BCUT2D eigenvalue weighted by molar-refractivity contribution is 6.32. The van der Waals surface area contributed by atoms with Gasteiger partial charge >= 0.3 is 0 Å². The number of nitrogens with one attached hydrogen (secondary N) is 1. The summed E-state index contributed by atoms with van der Waals surface area (Å²) >= 11 is 12.1. The van der Waals surface area contributed by atoms with Crippen LogP contribution >= 0.6 is 23.2 Å². The fraction of sp³-hybridized carbons (Fsp3) is 0.143. The number of nitro groups is 1. The van der Waals surface area contributed by atoms with Gasteiger partial charge < -0.3 is 10.1 Å². The number of rotatable bonds is 5. The van der Waals surface area contributed by atoms with E-state index in [9.17, 15) is 10.1 Å². The molecule has 0 saturated heterocycles. The highest BCUT2D eigenvalue weighted by Crippen LogP contribution is 2.28. The zero-order valence-corrected chi connectivity index (χ0v) is 12.6. The minimum atomic E-state index is -0.480. The van der Waals surface area contributed by atoms with Crippen LogP contribution in [-0.2, 0) is 6.54 Å². The van der Waals surface area contributed by atoms with Gasteiger partial charge in [0.2, 0.25) is 0 Å². The van der Waals surface area contributed by atoms with E-state index in [1.165, 1.54) is 12.1 Å². The van der Waals surface area contributed by atoms with Crippen molar-refractivity contribution in [3.63, 3.8) is 0 Å². The standard InChI is InChI=1S/C14H12Cl2N2O3/c1-21-14-5-3-10(6-13(14)16)17-8-9-2-4-11(18(19)20)7-12(9)15/h2-7,17H,8H2,1H3. The van der Waals surface area contributed by atoms with Crippen molar-refractivity contribution in [2.24, 2.45) is 0 Å². The Labute approximate surface area is 131 Å². The lowest BCUT2D eigenvalue weighted by Gasteiger charge is -2.10. The van der Waals surface area contributed by atoms with E-state index in [2.05, 4.69) is 5.32 Å². The molecule has 0 fully saturated rings. The van der Waals surface area contributed by atoms with E-state index in [0.717, 1.165) is 11.3 Å². The number of anilines is 1. The van der Waals surface area contributed by atoms with Gasteiger partial charge in [-0.25, -0.2) is 0 Å². The molecule has 0 aliphatic heterocycles. The summed E-state index contributed by atoms with van der Waals surface area (Å²) in [5, 5.41) is 14.6. The van der Waals surface area contributed by atoms with E-state index in [1.807, 2.05) is 6.07 Å². The summed E-state index contributed by atoms with van der Waals surface area (Å²) in [4.78, 5) is 10.2. The molecule has 0 bridgehead atoms. The fourth-order valence-corrected chi connectivity index (χ4v) is 2.27. The molecule has 2 rings (SSSR count). The second kappa shape index (κ2) is 6.65. The Kier molecular flexibility index (Phi) is 4.88. The van der Waals surface area contributed by atoms with Crippen LogP contribution in [0.1, 0.15) is 5.56 Å². The normalized spacial score (nSPS) is 10.2. The van der Waals surface area contributed by atoms with Gasteiger partial charge in [-0.05, 0) is 29.8 Å². The largest absolute Gasteiger partial charge is 0.495 e. The zero-order chi connectivity index (χ0) is 15.4. The van der Waals surface area contributed by atoms with Gasteiger partial charge in [-0.15, -0.1) is 0 Å². The van der Waals surface area contributed by atoms with E-state index in [4.69, 9.17) is 27.9 Å². The Balaban J connectivity index is 2.09. The smallest absolute Gasteiger partial charge is 0.270 e. The van der Waals surface area contributed by atoms with Crippen LogP contribution in [0.2, 0.25) is 10.0 Å². The van der Waals surface area contributed by atoms with Crippen LogP contribution in [-0.4, -0.2) is 12.0 Å². The lowest BCUT2D eigenvalue weighted by Crippen LogP contribution is -2.01. The van der Waals surface area contributed by atoms with Crippen molar-refractivity contribution in [2.75, 3.05) is 12.4 Å². The Hall–Kier alpha value is -1.98. The highest BCUT2D eigenvalue weighted by atomic mass is 35.5. The van der Waals surface area contributed by atoms with Gasteiger partial charge in [0.1, 0.15) is 5.75 Å². The van der Waals surface area contributed by atoms with E-state index < -0.39 is 4.92 Å². The fourth-order valence-electron chi connectivity index (χ4n) is 1.77. The number of non-ortho nitro benzene ring substituents is 1. The molecule has 2 aromatic carbocycles. The maximum atomic E-state index is 10.6. The number of methoxy groups -OCH3 is 1. The third kappa shape index (κ3) is 3.77. The summed E-state index contributed by atoms with van der Waals surface area (Å²) in [7, 11) is 1.55. The molecule has 0 amide bonds. The second-order valence-electron chi connectivity index (χ2n) is 4.24. The molecular formula is C14H12Cl2N2O3. The van der Waals surface area contributed by atoms with Crippen molar-refractivity contribution < 1.29 is 9.66 Å². The first-order chi connectivity index (χ1) is 10.0. The van der Waals surface area contributed by atoms with Crippen molar-refractivity contribution >= 4 is 34.6 Å². The molecule has 0 unspecified atom stereocenters. The quantitative estimate of drug-likeness (QED) is 0.648. The zero-order valence-electron chi connectivity index (χ0n) is 11.1. The van der Waals surface area contributed by atoms with Crippen LogP contribution in [0.5, 0.6) is 5.75 Å². The molecule has 110 valence electrons. The summed E-state index contributed by atoms with van der Waals surface area (Å²) < 4.78 is 5.07. The average molecular weight is 327 g/mol. The molecule has 2 aromatic rings. The van der Waals surface area contributed by atoms with Crippen molar-refractivity contribution in [2.45, 2.75) is 6.54 Å². The lowest BCUT2D eigenvalue weighted by molar-refractivity contribution is -0.384. The summed E-state index contributed by atoms with van der Waals surface area (Å²) in [5.74, 6) is 0.593. The summed E-state index contributed by atoms with van der Waals surface area (Å²) in [6.45, 7) is 0.430. The van der Waals surface area contributed by atoms with Gasteiger partial charge in [0.15, 0.2) is 0 Å². The monoisotopic (exact) mass is 326 g/mol. The van der Waals surface area contributed by atoms with Gasteiger partial charge in [0.05, 0.1) is 22.1 Å². The number of nitrogens with zero attached hydrogens (tertiary/aromatic N) is 1. The number of ether oxygens (including phenoxy) is 1. The van der Waals surface area contributed by atoms with E-state index in [0.29, 0.717) is 22.3 Å². The summed E-state index contributed by atoms with van der Waals surface area (Å²) in [6, 6.07) is 9.69. The lowest BCUT2D eigenvalue weighted by atomic mass is 10.2. The molecule has 0 saturated carbocycles. The molecular weight excluding hydrogens is 315 g/mol. The van der Waals surface area contributed by atoms with Crippen molar-refractivity contribution in [1.82, 2.24) is 0 Å². The molecule has 0 heterocycles. The average Bonchev–Trinajstić information content (AvgIpc) is 2.46. The maximum absolute atomic E-state index is 10.6. The van der Waals surface area contributed by atoms with Crippen LogP contribution in [0.4, 0.5) is 11.4 Å². The van der Waals surface area contributed by atoms with Crippen molar-refractivity contribution in [3.05, 3.63) is 62.1 Å². The Bertz CT molecular complexity index is 677. The third-order valence-corrected chi connectivity index (χ3v) is 3.53. The number of benzene rings is 2. The SMILES string of the molecule is COc1ccc(NCc2ccc([N+](=O)[O-])cc2Cl)cc1Cl. The van der Waals surface area contributed by atoms with Gasteiger partial charge in [-0.3, -0.25) is 10.1 Å². The van der Waals surface area contributed by atoms with Crippen molar-refractivity contribution in [3.8, 4) is 5.75 Å². The minimum Gasteiger partial charge on any atom is -0.495 e. The number of halogens is 2. The topological polar surface area (TPSA) is 64.4 Å². The van der Waals surface area contributed by atoms with Gasteiger partial charge in [0.25, 0.3) is 5.69 Å². The van der Waals surface area contributed by atoms with Crippen LogP contribution in [0.25, 0.3) is 0 Å². The molecule has 0 aromatic heterocycles. The molecule has 7 heteroatoms. The highest BCUT2D eigenvalue weighted by Gasteiger charge is 2.09. The van der Waals surface area contributed by atoms with Crippen molar-refractivity contribution in [1.29, 1.82) is 0 Å². The molecule has 0 atom stereocenters. The van der Waals surface area contributed by atoms with E-state index in [1.54, 1.807) is 25.3 Å². The number of hydrogen-bond donors (Lipinski definition) is 1. The predicted molar refractivity (Wildman–Crippen MR) is 83.4 cm³/mol.